The molecule has 0 heterocycles. The van der Waals surface area contributed by atoms with Crippen LogP contribution in [-0.2, 0) is 9.53 Å². The van der Waals surface area contributed by atoms with Crippen LogP contribution in [0.25, 0.3) is 0 Å². The maximum absolute atomic E-state index is 13.8. The number of carbonyl (C=O) groups excluding carboxylic acids is 1. The number of ether oxygens (including phenoxy) is 1. The van der Waals surface area contributed by atoms with Crippen LogP contribution in [0.1, 0.15) is 18.6 Å². The van der Waals surface area contributed by atoms with Gasteiger partial charge in [0.2, 0.25) is 0 Å². The lowest BCUT2D eigenvalue weighted by molar-refractivity contribution is -0.153. The summed E-state index contributed by atoms with van der Waals surface area (Å²) in [7, 11) is 0. The van der Waals surface area contributed by atoms with Crippen molar-refractivity contribution in [3.8, 4) is 0 Å². The topological polar surface area (TPSA) is 46.5 Å². The van der Waals surface area contributed by atoms with Crippen molar-refractivity contribution in [2.75, 3.05) is 12.9 Å². The number of benzene rings is 1. The number of rotatable bonds is 4. The Balaban J connectivity index is 3.10. The van der Waals surface area contributed by atoms with Crippen LogP contribution < -0.4 is 0 Å². The Hall–Kier alpha value is -1.14. The van der Waals surface area contributed by atoms with Crippen molar-refractivity contribution in [1.82, 2.24) is 0 Å². The van der Waals surface area contributed by atoms with Gasteiger partial charge in [-0.2, -0.15) is 0 Å². The third kappa shape index (κ3) is 2.95. The first-order chi connectivity index (χ1) is 8.02. The van der Waals surface area contributed by atoms with Gasteiger partial charge in [-0.1, -0.05) is 0 Å². The zero-order chi connectivity index (χ0) is 13.0. The lowest BCUT2D eigenvalue weighted by atomic mass is 10.1. The standard InChI is InChI=1S/C11H12F2O3S/c1-3-16-11(15)9(14)6-4-5-7(12)10(17-2)8(6)13/h4-5,9,14H,3H2,1-2H3. The summed E-state index contributed by atoms with van der Waals surface area (Å²) in [6.07, 6.45) is -0.233. The van der Waals surface area contributed by atoms with Gasteiger partial charge in [0.05, 0.1) is 11.5 Å². The highest BCUT2D eigenvalue weighted by atomic mass is 32.2. The van der Waals surface area contributed by atoms with Gasteiger partial charge < -0.3 is 9.84 Å². The molecule has 0 aromatic heterocycles. The van der Waals surface area contributed by atoms with E-state index in [9.17, 15) is 18.7 Å². The molecular weight excluding hydrogens is 250 g/mol. The highest BCUT2D eigenvalue weighted by Gasteiger charge is 2.25. The molecule has 1 aromatic carbocycles. The molecule has 0 aliphatic carbocycles. The fraction of sp³-hybridized carbons (Fsp3) is 0.364. The first-order valence-corrected chi connectivity index (χ1v) is 6.12. The quantitative estimate of drug-likeness (QED) is 0.668. The van der Waals surface area contributed by atoms with Crippen LogP contribution in [0.3, 0.4) is 0 Å². The van der Waals surface area contributed by atoms with Gasteiger partial charge in [-0.15, -0.1) is 11.8 Å². The largest absolute Gasteiger partial charge is 0.464 e. The first kappa shape index (κ1) is 13.9. The Morgan fingerprint density at radius 2 is 2.18 bits per heavy atom. The molecule has 1 unspecified atom stereocenters. The Bertz CT molecular complexity index is 423. The van der Waals surface area contributed by atoms with Gasteiger partial charge in [0.25, 0.3) is 0 Å². The van der Waals surface area contributed by atoms with Gasteiger partial charge in [-0.25, -0.2) is 13.6 Å². The van der Waals surface area contributed by atoms with Crippen molar-refractivity contribution in [3.63, 3.8) is 0 Å². The SMILES string of the molecule is CCOC(=O)C(O)c1ccc(F)c(SC)c1F. The molecule has 1 aromatic rings. The molecule has 1 N–H and O–H groups in total. The van der Waals surface area contributed by atoms with E-state index in [0.29, 0.717) is 0 Å². The normalized spacial score (nSPS) is 12.3. The average Bonchev–Trinajstić information content (AvgIpc) is 2.29. The molecule has 94 valence electrons. The van der Waals surface area contributed by atoms with Crippen LogP contribution in [-0.4, -0.2) is 23.9 Å². The number of aliphatic hydroxyl groups is 1. The van der Waals surface area contributed by atoms with E-state index in [0.717, 1.165) is 23.9 Å². The lowest BCUT2D eigenvalue weighted by Gasteiger charge is -2.12. The molecule has 3 nitrogen and oxygen atoms in total. The van der Waals surface area contributed by atoms with Gasteiger partial charge in [0.15, 0.2) is 6.10 Å². The molecule has 17 heavy (non-hydrogen) atoms. The predicted octanol–water partition coefficient (Wildman–Crippen LogP) is 2.28. The average molecular weight is 262 g/mol. The Morgan fingerprint density at radius 1 is 1.53 bits per heavy atom. The highest BCUT2D eigenvalue weighted by Crippen LogP contribution is 2.29. The van der Waals surface area contributed by atoms with Crippen LogP contribution >= 0.6 is 11.8 Å². The molecule has 0 spiro atoms. The lowest BCUT2D eigenvalue weighted by Crippen LogP contribution is -2.17. The van der Waals surface area contributed by atoms with Crippen molar-refractivity contribution < 1.29 is 23.4 Å². The van der Waals surface area contributed by atoms with E-state index in [1.807, 2.05) is 0 Å². The minimum Gasteiger partial charge on any atom is -0.464 e. The number of aliphatic hydroxyl groups excluding tert-OH is 1. The third-order valence-electron chi connectivity index (χ3n) is 2.09. The molecule has 0 radical (unpaired) electrons. The molecule has 6 heteroatoms. The van der Waals surface area contributed by atoms with Crippen LogP contribution in [0, 0.1) is 11.6 Å². The van der Waals surface area contributed by atoms with Crippen LogP contribution in [0.15, 0.2) is 17.0 Å². The maximum atomic E-state index is 13.8. The zero-order valence-corrected chi connectivity index (χ0v) is 10.2. The number of hydrogen-bond acceptors (Lipinski definition) is 4. The van der Waals surface area contributed by atoms with E-state index in [4.69, 9.17) is 0 Å². The Labute approximate surface area is 102 Å². The number of esters is 1. The van der Waals surface area contributed by atoms with E-state index in [2.05, 4.69) is 4.74 Å². The maximum Gasteiger partial charge on any atom is 0.339 e. The molecule has 1 rings (SSSR count). The smallest absolute Gasteiger partial charge is 0.339 e. The molecule has 0 aliphatic heterocycles. The molecule has 0 saturated carbocycles. The van der Waals surface area contributed by atoms with Crippen molar-refractivity contribution in [3.05, 3.63) is 29.3 Å². The van der Waals surface area contributed by atoms with Gasteiger partial charge in [0, 0.05) is 5.56 Å². The molecule has 0 aliphatic rings. The number of hydrogen-bond donors (Lipinski definition) is 1. The first-order valence-electron chi connectivity index (χ1n) is 4.89. The molecule has 0 saturated heterocycles. The van der Waals surface area contributed by atoms with E-state index in [1.54, 1.807) is 6.92 Å². The van der Waals surface area contributed by atoms with Crippen molar-refractivity contribution in [2.24, 2.45) is 0 Å². The molecule has 0 fully saturated rings. The summed E-state index contributed by atoms with van der Waals surface area (Å²) in [5.41, 5.74) is -0.283. The van der Waals surface area contributed by atoms with Gasteiger partial charge in [-0.05, 0) is 25.3 Å². The Morgan fingerprint density at radius 3 is 2.71 bits per heavy atom. The Kier molecular flexibility index (Phi) is 4.89. The van der Waals surface area contributed by atoms with Gasteiger partial charge >= 0.3 is 5.97 Å². The summed E-state index contributed by atoms with van der Waals surface area (Å²) < 4.78 is 31.5. The number of carbonyl (C=O) groups is 1. The number of halogens is 2. The summed E-state index contributed by atoms with van der Waals surface area (Å²) >= 11 is 0.865. The number of thioether (sulfide) groups is 1. The van der Waals surface area contributed by atoms with Crippen molar-refractivity contribution >= 4 is 17.7 Å². The fourth-order valence-corrected chi connectivity index (χ4v) is 1.85. The van der Waals surface area contributed by atoms with E-state index < -0.39 is 23.7 Å². The molecule has 0 bridgehead atoms. The van der Waals surface area contributed by atoms with E-state index >= 15 is 0 Å². The molecular formula is C11H12F2O3S. The third-order valence-corrected chi connectivity index (χ3v) is 2.87. The van der Waals surface area contributed by atoms with E-state index in [-0.39, 0.29) is 17.1 Å². The van der Waals surface area contributed by atoms with Crippen molar-refractivity contribution in [2.45, 2.75) is 17.9 Å². The molecule has 1 atom stereocenters. The zero-order valence-electron chi connectivity index (χ0n) is 9.37. The van der Waals surface area contributed by atoms with Crippen LogP contribution in [0.5, 0.6) is 0 Å². The highest BCUT2D eigenvalue weighted by molar-refractivity contribution is 7.98. The van der Waals surface area contributed by atoms with Gasteiger partial charge in [-0.3, -0.25) is 0 Å². The monoisotopic (exact) mass is 262 g/mol. The predicted molar refractivity (Wildman–Crippen MR) is 59.7 cm³/mol. The van der Waals surface area contributed by atoms with E-state index in [1.165, 1.54) is 6.26 Å². The summed E-state index contributed by atoms with van der Waals surface area (Å²) in [5.74, 6) is -2.61. The van der Waals surface area contributed by atoms with Crippen LogP contribution in [0.2, 0.25) is 0 Å². The summed E-state index contributed by atoms with van der Waals surface area (Å²) in [5, 5.41) is 9.57. The van der Waals surface area contributed by atoms with Crippen molar-refractivity contribution in [1.29, 1.82) is 0 Å². The second kappa shape index (κ2) is 5.97. The molecule has 0 amide bonds. The second-order valence-electron chi connectivity index (χ2n) is 3.14. The fourth-order valence-electron chi connectivity index (χ4n) is 1.29. The van der Waals surface area contributed by atoms with Gasteiger partial charge in [0.1, 0.15) is 11.6 Å². The van der Waals surface area contributed by atoms with Crippen LogP contribution in [0.4, 0.5) is 8.78 Å². The summed E-state index contributed by atoms with van der Waals surface area (Å²) in [4.78, 5) is 11.0. The minimum atomic E-state index is -1.73. The summed E-state index contributed by atoms with van der Waals surface area (Å²) in [6, 6.07) is 2.04. The second-order valence-corrected chi connectivity index (χ2v) is 3.95. The summed E-state index contributed by atoms with van der Waals surface area (Å²) in [6.45, 7) is 1.65. The minimum absolute atomic E-state index is 0.0775.